The van der Waals surface area contributed by atoms with Crippen LogP contribution < -0.4 is 5.32 Å². The van der Waals surface area contributed by atoms with Crippen molar-refractivity contribution in [3.63, 3.8) is 0 Å². The molecule has 92 valence electrons. The Hall–Kier alpha value is -0.610. The van der Waals surface area contributed by atoms with Crippen molar-refractivity contribution >= 4 is 5.91 Å². The molecule has 0 aromatic rings. The number of nitrogens with zero attached hydrogens (tertiary/aromatic N) is 1. The highest BCUT2D eigenvalue weighted by molar-refractivity contribution is 5.83. The molecule has 0 radical (unpaired) electrons. The van der Waals surface area contributed by atoms with Gasteiger partial charge in [-0.25, -0.2) is 0 Å². The monoisotopic (exact) mass is 226 g/mol. The fraction of sp³-hybridized carbons (Fsp3) is 0.917. The molecule has 2 unspecified atom stereocenters. The van der Waals surface area contributed by atoms with E-state index in [4.69, 9.17) is 0 Å². The summed E-state index contributed by atoms with van der Waals surface area (Å²) < 4.78 is 0. The molecule has 2 saturated heterocycles. The molecule has 2 atom stereocenters. The molecular weight excluding hydrogens is 204 g/mol. The van der Waals surface area contributed by atoms with Gasteiger partial charge in [0, 0.05) is 13.1 Å². The molecule has 0 aliphatic carbocycles. The van der Waals surface area contributed by atoms with Gasteiger partial charge < -0.3 is 15.3 Å². The molecular formula is C12H22N2O2. The lowest BCUT2D eigenvalue weighted by Gasteiger charge is -2.37. The standard InChI is InChI=1S/C12H22N2O2/c1-12(5-3-6-13-9-12)11(16)14-7-2-4-10(14)8-15/h10,13,15H,2-9H2,1H3. The number of carbonyl (C=O) groups excluding carboxylic acids is 1. The molecule has 2 heterocycles. The average Bonchev–Trinajstić information content (AvgIpc) is 2.77. The van der Waals surface area contributed by atoms with Gasteiger partial charge in [-0.1, -0.05) is 0 Å². The van der Waals surface area contributed by atoms with Crippen LogP contribution >= 0.6 is 0 Å². The maximum absolute atomic E-state index is 12.5. The third-order valence-electron chi connectivity index (χ3n) is 3.96. The quantitative estimate of drug-likeness (QED) is 0.715. The van der Waals surface area contributed by atoms with Gasteiger partial charge in [0.1, 0.15) is 0 Å². The Kier molecular flexibility index (Phi) is 3.50. The molecule has 4 nitrogen and oxygen atoms in total. The summed E-state index contributed by atoms with van der Waals surface area (Å²) in [7, 11) is 0. The first-order chi connectivity index (χ1) is 7.67. The highest BCUT2D eigenvalue weighted by Crippen LogP contribution is 2.31. The van der Waals surface area contributed by atoms with Crippen LogP contribution in [0.2, 0.25) is 0 Å². The lowest BCUT2D eigenvalue weighted by molar-refractivity contribution is -0.143. The van der Waals surface area contributed by atoms with E-state index in [9.17, 15) is 9.90 Å². The van der Waals surface area contributed by atoms with Crippen LogP contribution in [0.3, 0.4) is 0 Å². The summed E-state index contributed by atoms with van der Waals surface area (Å²) in [5.41, 5.74) is -0.254. The van der Waals surface area contributed by atoms with E-state index in [-0.39, 0.29) is 24.0 Å². The first-order valence-corrected chi connectivity index (χ1v) is 6.30. The van der Waals surface area contributed by atoms with E-state index in [0.29, 0.717) is 0 Å². The molecule has 4 heteroatoms. The number of piperidine rings is 1. The zero-order chi connectivity index (χ0) is 11.6. The fourth-order valence-electron chi connectivity index (χ4n) is 2.88. The molecule has 16 heavy (non-hydrogen) atoms. The normalized spacial score (nSPS) is 35.4. The van der Waals surface area contributed by atoms with Crippen molar-refractivity contribution in [1.82, 2.24) is 10.2 Å². The van der Waals surface area contributed by atoms with E-state index in [1.807, 2.05) is 11.8 Å². The van der Waals surface area contributed by atoms with Crippen molar-refractivity contribution in [1.29, 1.82) is 0 Å². The number of aliphatic hydroxyl groups is 1. The molecule has 2 fully saturated rings. The van der Waals surface area contributed by atoms with Crippen LogP contribution in [0, 0.1) is 5.41 Å². The van der Waals surface area contributed by atoms with Crippen molar-refractivity contribution in [2.24, 2.45) is 5.41 Å². The Bertz CT molecular complexity index is 262. The molecule has 2 aliphatic rings. The van der Waals surface area contributed by atoms with Crippen LogP contribution in [0.1, 0.15) is 32.6 Å². The summed E-state index contributed by atoms with van der Waals surface area (Å²) in [6.07, 6.45) is 4.01. The molecule has 0 spiro atoms. The predicted molar refractivity (Wildman–Crippen MR) is 62.0 cm³/mol. The van der Waals surface area contributed by atoms with E-state index in [1.165, 1.54) is 0 Å². The Morgan fingerprint density at radius 3 is 3.00 bits per heavy atom. The summed E-state index contributed by atoms with van der Waals surface area (Å²) in [5.74, 6) is 0.233. The second-order valence-electron chi connectivity index (χ2n) is 5.32. The maximum Gasteiger partial charge on any atom is 0.230 e. The topological polar surface area (TPSA) is 52.6 Å². The van der Waals surface area contributed by atoms with Crippen LogP contribution in [0.4, 0.5) is 0 Å². The Balaban J connectivity index is 2.05. The largest absolute Gasteiger partial charge is 0.394 e. The Labute approximate surface area is 97.0 Å². The van der Waals surface area contributed by atoms with Gasteiger partial charge in [-0.15, -0.1) is 0 Å². The van der Waals surface area contributed by atoms with Crippen LogP contribution in [-0.2, 0) is 4.79 Å². The third-order valence-corrected chi connectivity index (χ3v) is 3.96. The van der Waals surface area contributed by atoms with Crippen LogP contribution in [0.15, 0.2) is 0 Å². The maximum atomic E-state index is 12.5. The number of hydrogen-bond donors (Lipinski definition) is 2. The lowest BCUT2D eigenvalue weighted by atomic mass is 9.81. The zero-order valence-electron chi connectivity index (χ0n) is 10.0. The number of nitrogens with one attached hydrogen (secondary N) is 1. The van der Waals surface area contributed by atoms with Gasteiger partial charge in [0.25, 0.3) is 0 Å². The van der Waals surface area contributed by atoms with Gasteiger partial charge in [0.15, 0.2) is 0 Å². The van der Waals surface area contributed by atoms with E-state index in [0.717, 1.165) is 45.3 Å². The van der Waals surface area contributed by atoms with Crippen molar-refractivity contribution in [3.05, 3.63) is 0 Å². The fourth-order valence-corrected chi connectivity index (χ4v) is 2.88. The number of aliphatic hydroxyl groups excluding tert-OH is 1. The van der Waals surface area contributed by atoms with Gasteiger partial charge in [-0.2, -0.15) is 0 Å². The molecule has 1 amide bonds. The van der Waals surface area contributed by atoms with Crippen LogP contribution in [-0.4, -0.2) is 48.2 Å². The van der Waals surface area contributed by atoms with Crippen molar-refractivity contribution < 1.29 is 9.90 Å². The number of hydrogen-bond acceptors (Lipinski definition) is 3. The van der Waals surface area contributed by atoms with Crippen LogP contribution in [0.25, 0.3) is 0 Å². The summed E-state index contributed by atoms with van der Waals surface area (Å²) in [6, 6.07) is 0.0613. The zero-order valence-corrected chi connectivity index (χ0v) is 10.0. The minimum Gasteiger partial charge on any atom is -0.394 e. The van der Waals surface area contributed by atoms with Gasteiger partial charge in [0.2, 0.25) is 5.91 Å². The second-order valence-corrected chi connectivity index (χ2v) is 5.32. The first-order valence-electron chi connectivity index (χ1n) is 6.30. The van der Waals surface area contributed by atoms with Gasteiger partial charge in [-0.05, 0) is 39.2 Å². The number of likely N-dealkylation sites (tertiary alicyclic amines) is 1. The number of carbonyl (C=O) groups is 1. The number of rotatable bonds is 2. The third kappa shape index (κ3) is 2.09. The second kappa shape index (κ2) is 4.72. The Morgan fingerprint density at radius 1 is 1.56 bits per heavy atom. The predicted octanol–water partition coefficient (Wildman–Crippen LogP) is 0.359. The smallest absolute Gasteiger partial charge is 0.230 e. The van der Waals surface area contributed by atoms with E-state index < -0.39 is 0 Å². The van der Waals surface area contributed by atoms with Gasteiger partial charge in [0.05, 0.1) is 18.1 Å². The van der Waals surface area contributed by atoms with Gasteiger partial charge >= 0.3 is 0 Å². The molecule has 2 aliphatic heterocycles. The van der Waals surface area contributed by atoms with Crippen LogP contribution in [0.5, 0.6) is 0 Å². The summed E-state index contributed by atoms with van der Waals surface area (Å²) in [6.45, 7) is 4.77. The van der Waals surface area contributed by atoms with E-state index >= 15 is 0 Å². The van der Waals surface area contributed by atoms with E-state index in [1.54, 1.807) is 0 Å². The highest BCUT2D eigenvalue weighted by Gasteiger charge is 2.41. The summed E-state index contributed by atoms with van der Waals surface area (Å²) >= 11 is 0. The average molecular weight is 226 g/mol. The summed E-state index contributed by atoms with van der Waals surface area (Å²) in [5, 5.41) is 12.6. The molecule has 0 bridgehead atoms. The molecule has 0 aromatic heterocycles. The first kappa shape index (κ1) is 11.9. The summed E-state index contributed by atoms with van der Waals surface area (Å²) in [4.78, 5) is 14.4. The number of amides is 1. The molecule has 0 aromatic carbocycles. The van der Waals surface area contributed by atoms with E-state index in [2.05, 4.69) is 5.32 Å². The highest BCUT2D eigenvalue weighted by atomic mass is 16.3. The SMILES string of the molecule is CC1(C(=O)N2CCCC2CO)CCCNC1. The van der Waals surface area contributed by atoms with Crippen molar-refractivity contribution in [2.45, 2.75) is 38.6 Å². The molecule has 2 N–H and O–H groups in total. The van der Waals surface area contributed by atoms with Crippen molar-refractivity contribution in [3.8, 4) is 0 Å². The Morgan fingerprint density at radius 2 is 2.38 bits per heavy atom. The minimum absolute atomic E-state index is 0.0613. The van der Waals surface area contributed by atoms with Crippen molar-refractivity contribution in [2.75, 3.05) is 26.2 Å². The van der Waals surface area contributed by atoms with Gasteiger partial charge in [-0.3, -0.25) is 4.79 Å². The lowest BCUT2D eigenvalue weighted by Crippen LogP contribution is -2.52. The molecule has 2 rings (SSSR count). The molecule has 0 saturated carbocycles. The minimum atomic E-state index is -0.254.